The molecule has 4 nitrogen and oxygen atoms in total. The fraction of sp³-hybridized carbons (Fsp3) is 0.444. The summed E-state index contributed by atoms with van der Waals surface area (Å²) in [7, 11) is 0. The van der Waals surface area contributed by atoms with Gasteiger partial charge in [0.15, 0.2) is 0 Å². The number of aliphatic hydroxyl groups is 1. The normalized spacial score (nSPS) is 11.3. The Kier molecular flexibility index (Phi) is 2.72. The number of pyridine rings is 1. The summed E-state index contributed by atoms with van der Waals surface area (Å²) in [5, 5.41) is 12.5. The standard InChI is InChI=1S/C9H15N3O/c1-9(2,13)6-12-7-3-4-11-8(10)5-7/h3-5,13H,6H2,1-2H3,(H3,10,11,12). The minimum absolute atomic E-state index is 0.473. The van der Waals surface area contributed by atoms with Gasteiger partial charge in [-0.25, -0.2) is 4.98 Å². The average Bonchev–Trinajstić information content (AvgIpc) is 2.00. The molecule has 0 aliphatic heterocycles. The number of aromatic nitrogens is 1. The van der Waals surface area contributed by atoms with E-state index < -0.39 is 5.60 Å². The van der Waals surface area contributed by atoms with Crippen LogP contribution >= 0.6 is 0 Å². The van der Waals surface area contributed by atoms with E-state index in [-0.39, 0.29) is 0 Å². The molecular weight excluding hydrogens is 166 g/mol. The summed E-state index contributed by atoms with van der Waals surface area (Å²) in [5.74, 6) is 0.473. The first-order valence-electron chi connectivity index (χ1n) is 4.15. The van der Waals surface area contributed by atoms with E-state index in [1.165, 1.54) is 0 Å². The van der Waals surface area contributed by atoms with Gasteiger partial charge in [-0.3, -0.25) is 0 Å². The maximum Gasteiger partial charge on any atom is 0.125 e. The van der Waals surface area contributed by atoms with Gasteiger partial charge in [0.1, 0.15) is 5.82 Å². The van der Waals surface area contributed by atoms with Crippen LogP contribution in [-0.4, -0.2) is 22.2 Å². The highest BCUT2D eigenvalue weighted by Gasteiger charge is 2.11. The molecule has 0 fully saturated rings. The molecule has 0 atom stereocenters. The number of nitrogens with two attached hydrogens (primary N) is 1. The molecule has 0 aliphatic rings. The first-order chi connectivity index (χ1) is 5.97. The van der Waals surface area contributed by atoms with E-state index in [0.717, 1.165) is 5.69 Å². The summed E-state index contributed by atoms with van der Waals surface area (Å²) in [4.78, 5) is 3.86. The molecule has 0 bridgehead atoms. The Balaban J connectivity index is 2.55. The molecule has 0 aliphatic carbocycles. The molecule has 0 aromatic carbocycles. The number of hydrogen-bond acceptors (Lipinski definition) is 4. The summed E-state index contributed by atoms with van der Waals surface area (Å²) in [6.45, 7) is 3.96. The van der Waals surface area contributed by atoms with Crippen molar-refractivity contribution in [1.82, 2.24) is 4.98 Å². The topological polar surface area (TPSA) is 71.2 Å². The van der Waals surface area contributed by atoms with Gasteiger partial charge in [-0.1, -0.05) is 0 Å². The van der Waals surface area contributed by atoms with Crippen LogP contribution in [0.1, 0.15) is 13.8 Å². The van der Waals surface area contributed by atoms with Gasteiger partial charge in [0, 0.05) is 24.5 Å². The Morgan fingerprint density at radius 1 is 1.62 bits per heavy atom. The van der Waals surface area contributed by atoms with Crippen LogP contribution in [0, 0.1) is 0 Å². The Morgan fingerprint density at radius 2 is 2.31 bits per heavy atom. The zero-order chi connectivity index (χ0) is 9.90. The van der Waals surface area contributed by atoms with Gasteiger partial charge in [0.05, 0.1) is 5.60 Å². The second-order valence-electron chi connectivity index (χ2n) is 3.64. The summed E-state index contributed by atoms with van der Waals surface area (Å²) in [6.07, 6.45) is 1.63. The zero-order valence-corrected chi connectivity index (χ0v) is 7.91. The predicted molar refractivity (Wildman–Crippen MR) is 53.4 cm³/mol. The van der Waals surface area contributed by atoms with Crippen LogP contribution in [0.5, 0.6) is 0 Å². The van der Waals surface area contributed by atoms with Crippen molar-refractivity contribution in [3.63, 3.8) is 0 Å². The molecular formula is C9H15N3O. The van der Waals surface area contributed by atoms with Gasteiger partial charge in [-0.05, 0) is 19.9 Å². The molecule has 4 heteroatoms. The van der Waals surface area contributed by atoms with Crippen LogP contribution in [0.2, 0.25) is 0 Å². The van der Waals surface area contributed by atoms with E-state index in [1.54, 1.807) is 26.1 Å². The van der Waals surface area contributed by atoms with Crippen LogP contribution in [0.15, 0.2) is 18.3 Å². The predicted octanol–water partition coefficient (Wildman–Crippen LogP) is 0.847. The molecule has 0 unspecified atom stereocenters. The molecule has 13 heavy (non-hydrogen) atoms. The van der Waals surface area contributed by atoms with Crippen LogP contribution < -0.4 is 11.1 Å². The Labute approximate surface area is 77.8 Å². The van der Waals surface area contributed by atoms with Crippen molar-refractivity contribution in [1.29, 1.82) is 0 Å². The number of anilines is 2. The number of nitrogen functional groups attached to an aromatic ring is 1. The lowest BCUT2D eigenvalue weighted by molar-refractivity contribution is 0.0945. The lowest BCUT2D eigenvalue weighted by atomic mass is 10.1. The van der Waals surface area contributed by atoms with Gasteiger partial charge in [0.25, 0.3) is 0 Å². The molecule has 1 aromatic rings. The van der Waals surface area contributed by atoms with Crippen LogP contribution in [0.25, 0.3) is 0 Å². The fourth-order valence-corrected chi connectivity index (χ4v) is 0.877. The van der Waals surface area contributed by atoms with E-state index in [9.17, 15) is 5.11 Å². The summed E-state index contributed by atoms with van der Waals surface area (Å²) in [5.41, 5.74) is 5.63. The largest absolute Gasteiger partial charge is 0.389 e. The minimum atomic E-state index is -0.724. The summed E-state index contributed by atoms with van der Waals surface area (Å²) < 4.78 is 0. The maximum atomic E-state index is 9.44. The van der Waals surface area contributed by atoms with E-state index in [2.05, 4.69) is 10.3 Å². The van der Waals surface area contributed by atoms with Gasteiger partial charge in [-0.15, -0.1) is 0 Å². The molecule has 72 valence electrons. The van der Waals surface area contributed by atoms with Crippen molar-refractivity contribution in [2.75, 3.05) is 17.6 Å². The van der Waals surface area contributed by atoms with Crippen molar-refractivity contribution in [2.24, 2.45) is 0 Å². The third-order valence-corrected chi connectivity index (χ3v) is 1.51. The molecule has 0 spiro atoms. The van der Waals surface area contributed by atoms with Crippen molar-refractivity contribution < 1.29 is 5.11 Å². The van der Waals surface area contributed by atoms with Crippen molar-refractivity contribution >= 4 is 11.5 Å². The van der Waals surface area contributed by atoms with E-state index in [1.807, 2.05) is 6.07 Å². The summed E-state index contributed by atoms with van der Waals surface area (Å²) >= 11 is 0. The number of nitrogens with one attached hydrogen (secondary N) is 1. The highest BCUT2D eigenvalue weighted by molar-refractivity contribution is 5.49. The quantitative estimate of drug-likeness (QED) is 0.646. The van der Waals surface area contributed by atoms with Crippen LogP contribution in [-0.2, 0) is 0 Å². The Bertz CT molecular complexity index is 280. The van der Waals surface area contributed by atoms with Crippen molar-refractivity contribution in [2.45, 2.75) is 19.4 Å². The third kappa shape index (κ3) is 3.75. The van der Waals surface area contributed by atoms with E-state index in [4.69, 9.17) is 5.73 Å². The second-order valence-corrected chi connectivity index (χ2v) is 3.64. The van der Waals surface area contributed by atoms with Gasteiger partial charge in [0.2, 0.25) is 0 Å². The third-order valence-electron chi connectivity index (χ3n) is 1.51. The monoisotopic (exact) mass is 181 g/mol. The molecule has 1 heterocycles. The Morgan fingerprint density at radius 3 is 2.85 bits per heavy atom. The second kappa shape index (κ2) is 3.62. The minimum Gasteiger partial charge on any atom is -0.389 e. The Hall–Kier alpha value is -1.29. The first-order valence-corrected chi connectivity index (χ1v) is 4.15. The lowest BCUT2D eigenvalue weighted by Crippen LogP contribution is -2.29. The zero-order valence-electron chi connectivity index (χ0n) is 7.91. The van der Waals surface area contributed by atoms with E-state index >= 15 is 0 Å². The number of hydrogen-bond donors (Lipinski definition) is 3. The highest BCUT2D eigenvalue weighted by Crippen LogP contribution is 2.10. The molecule has 0 saturated heterocycles. The van der Waals surface area contributed by atoms with Gasteiger partial charge >= 0.3 is 0 Å². The highest BCUT2D eigenvalue weighted by atomic mass is 16.3. The molecule has 0 saturated carbocycles. The van der Waals surface area contributed by atoms with Crippen LogP contribution in [0.4, 0.5) is 11.5 Å². The molecule has 0 radical (unpaired) electrons. The lowest BCUT2D eigenvalue weighted by Gasteiger charge is -2.18. The van der Waals surface area contributed by atoms with Crippen molar-refractivity contribution in [3.05, 3.63) is 18.3 Å². The van der Waals surface area contributed by atoms with Crippen molar-refractivity contribution in [3.8, 4) is 0 Å². The average molecular weight is 181 g/mol. The molecule has 1 aromatic heterocycles. The van der Waals surface area contributed by atoms with Crippen LogP contribution in [0.3, 0.4) is 0 Å². The maximum absolute atomic E-state index is 9.44. The molecule has 4 N–H and O–H groups in total. The SMILES string of the molecule is CC(C)(O)CNc1ccnc(N)c1. The van der Waals surface area contributed by atoms with Gasteiger partial charge in [-0.2, -0.15) is 0 Å². The summed E-state index contributed by atoms with van der Waals surface area (Å²) in [6, 6.07) is 3.54. The van der Waals surface area contributed by atoms with Gasteiger partial charge < -0.3 is 16.2 Å². The molecule has 0 amide bonds. The number of rotatable bonds is 3. The number of nitrogens with zero attached hydrogens (tertiary/aromatic N) is 1. The van der Waals surface area contributed by atoms with E-state index in [0.29, 0.717) is 12.4 Å². The fourth-order valence-electron chi connectivity index (χ4n) is 0.877. The smallest absolute Gasteiger partial charge is 0.125 e. The molecule has 1 rings (SSSR count). The first kappa shape index (κ1) is 9.80.